The van der Waals surface area contributed by atoms with Crippen LogP contribution in [0.4, 0.5) is 5.69 Å². The van der Waals surface area contributed by atoms with Crippen LogP contribution in [0.3, 0.4) is 0 Å². The van der Waals surface area contributed by atoms with E-state index >= 15 is 0 Å². The van der Waals surface area contributed by atoms with Gasteiger partial charge in [-0.15, -0.1) is 0 Å². The van der Waals surface area contributed by atoms with E-state index in [1.807, 2.05) is 50.2 Å². The topological polar surface area (TPSA) is 29.1 Å². The normalized spacial score (nSPS) is 12.0. The van der Waals surface area contributed by atoms with Crippen LogP contribution >= 0.6 is 27.5 Å². The molecule has 4 heteroatoms. The molecule has 20 heavy (non-hydrogen) atoms. The molecule has 0 bridgehead atoms. The summed E-state index contributed by atoms with van der Waals surface area (Å²) >= 11 is 9.71. The summed E-state index contributed by atoms with van der Waals surface area (Å²) < 4.78 is 0. The van der Waals surface area contributed by atoms with E-state index in [1.165, 1.54) is 0 Å². The Morgan fingerprint density at radius 1 is 1.20 bits per heavy atom. The largest absolute Gasteiger partial charge is 0.322 e. The molecule has 0 aliphatic heterocycles. The maximum atomic E-state index is 12.4. The van der Waals surface area contributed by atoms with Gasteiger partial charge < -0.3 is 5.32 Å². The predicted octanol–water partition coefficient (Wildman–Crippen LogP) is 5.36. The molecule has 0 radical (unpaired) electrons. The minimum atomic E-state index is -0.195. The molecule has 0 fully saturated rings. The van der Waals surface area contributed by atoms with E-state index in [-0.39, 0.29) is 10.7 Å². The summed E-state index contributed by atoms with van der Waals surface area (Å²) in [6.07, 6.45) is 0. The summed E-state index contributed by atoms with van der Waals surface area (Å²) in [6, 6.07) is 13.1. The number of carbonyl (C=O) groups is 1. The Kier molecular flexibility index (Phi) is 4.84. The third kappa shape index (κ3) is 3.22. The Bertz CT molecular complexity index is 640. The lowest BCUT2D eigenvalue weighted by Gasteiger charge is -2.13. The van der Waals surface area contributed by atoms with Crippen molar-refractivity contribution in [3.8, 4) is 0 Å². The molecule has 0 spiro atoms. The van der Waals surface area contributed by atoms with Crippen molar-refractivity contribution in [3.05, 3.63) is 64.2 Å². The maximum Gasteiger partial charge on any atom is 0.257 e. The van der Waals surface area contributed by atoms with Gasteiger partial charge in [0.05, 0.1) is 10.6 Å². The van der Waals surface area contributed by atoms with Crippen LogP contribution in [0.2, 0.25) is 5.02 Å². The minimum Gasteiger partial charge on any atom is -0.322 e. The van der Waals surface area contributed by atoms with E-state index in [0.717, 1.165) is 16.8 Å². The number of amides is 1. The van der Waals surface area contributed by atoms with Crippen LogP contribution in [0.25, 0.3) is 0 Å². The summed E-state index contributed by atoms with van der Waals surface area (Å²) in [5, 5.41) is 3.42. The Labute approximate surface area is 132 Å². The zero-order chi connectivity index (χ0) is 14.7. The summed E-state index contributed by atoms with van der Waals surface area (Å²) in [5.41, 5.74) is 3.20. The van der Waals surface area contributed by atoms with Crippen molar-refractivity contribution >= 4 is 39.1 Å². The summed E-state index contributed by atoms with van der Waals surface area (Å²) in [6.45, 7) is 3.90. The molecule has 1 atom stereocenters. The van der Waals surface area contributed by atoms with E-state index in [4.69, 9.17) is 11.6 Å². The van der Waals surface area contributed by atoms with Crippen LogP contribution in [-0.2, 0) is 0 Å². The molecule has 2 aromatic rings. The summed E-state index contributed by atoms with van der Waals surface area (Å²) in [4.78, 5) is 12.5. The van der Waals surface area contributed by atoms with Gasteiger partial charge in [-0.1, -0.05) is 57.9 Å². The number of benzene rings is 2. The van der Waals surface area contributed by atoms with Gasteiger partial charge in [0.25, 0.3) is 5.91 Å². The van der Waals surface area contributed by atoms with Gasteiger partial charge in [-0.2, -0.15) is 0 Å². The number of aryl methyl sites for hydroxylation is 1. The average Bonchev–Trinajstić information content (AvgIpc) is 2.42. The summed E-state index contributed by atoms with van der Waals surface area (Å²) in [7, 11) is 0. The molecular formula is C16H15BrClNO. The lowest BCUT2D eigenvalue weighted by atomic mass is 10.1. The molecular weight excluding hydrogens is 338 g/mol. The first kappa shape index (κ1) is 15.1. The molecule has 0 aromatic heterocycles. The first-order valence-electron chi connectivity index (χ1n) is 6.30. The second-order valence-electron chi connectivity index (χ2n) is 4.59. The van der Waals surface area contributed by atoms with Gasteiger partial charge in [0.15, 0.2) is 0 Å². The van der Waals surface area contributed by atoms with Crippen molar-refractivity contribution in [2.45, 2.75) is 18.7 Å². The quantitative estimate of drug-likeness (QED) is 0.741. The average molecular weight is 353 g/mol. The van der Waals surface area contributed by atoms with Gasteiger partial charge >= 0.3 is 0 Å². The van der Waals surface area contributed by atoms with E-state index in [2.05, 4.69) is 21.2 Å². The van der Waals surface area contributed by atoms with Crippen molar-refractivity contribution < 1.29 is 4.79 Å². The van der Waals surface area contributed by atoms with Gasteiger partial charge in [0.1, 0.15) is 0 Å². The molecule has 104 valence electrons. The second kappa shape index (κ2) is 6.42. The zero-order valence-electron chi connectivity index (χ0n) is 11.3. The monoisotopic (exact) mass is 351 g/mol. The Morgan fingerprint density at radius 2 is 1.90 bits per heavy atom. The number of anilines is 1. The van der Waals surface area contributed by atoms with Crippen molar-refractivity contribution in [1.82, 2.24) is 0 Å². The first-order chi connectivity index (χ1) is 9.50. The third-order valence-electron chi connectivity index (χ3n) is 3.07. The van der Waals surface area contributed by atoms with Crippen LogP contribution in [0.1, 0.15) is 33.2 Å². The van der Waals surface area contributed by atoms with Crippen LogP contribution in [0, 0.1) is 6.92 Å². The standard InChI is InChI=1S/C16H15BrClNO/c1-10-6-5-8-13(15(10)18)16(20)19-14-9-4-3-7-12(14)11(2)17/h3-9,11H,1-2H3,(H,19,20). The smallest absolute Gasteiger partial charge is 0.257 e. The highest BCUT2D eigenvalue weighted by Gasteiger charge is 2.14. The number of hydrogen-bond acceptors (Lipinski definition) is 1. The first-order valence-corrected chi connectivity index (χ1v) is 7.59. The summed E-state index contributed by atoms with van der Waals surface area (Å²) in [5.74, 6) is -0.195. The SMILES string of the molecule is Cc1cccc(C(=O)Nc2ccccc2C(C)Br)c1Cl. The van der Waals surface area contributed by atoms with Gasteiger partial charge in [-0.3, -0.25) is 4.79 Å². The molecule has 0 aliphatic rings. The van der Waals surface area contributed by atoms with Gasteiger partial charge in [-0.05, 0) is 37.1 Å². The van der Waals surface area contributed by atoms with Crippen molar-refractivity contribution in [2.24, 2.45) is 0 Å². The van der Waals surface area contributed by atoms with Crippen molar-refractivity contribution in [2.75, 3.05) is 5.32 Å². The molecule has 0 saturated heterocycles. The van der Waals surface area contributed by atoms with Crippen LogP contribution in [0.5, 0.6) is 0 Å². The number of rotatable bonds is 3. The molecule has 0 heterocycles. The molecule has 0 saturated carbocycles. The van der Waals surface area contributed by atoms with Crippen LogP contribution in [-0.4, -0.2) is 5.91 Å². The number of nitrogens with one attached hydrogen (secondary N) is 1. The Hall–Kier alpha value is -1.32. The van der Waals surface area contributed by atoms with Crippen LogP contribution < -0.4 is 5.32 Å². The molecule has 2 nitrogen and oxygen atoms in total. The second-order valence-corrected chi connectivity index (χ2v) is 6.35. The molecule has 2 aromatic carbocycles. The van der Waals surface area contributed by atoms with E-state index in [0.29, 0.717) is 10.6 Å². The van der Waals surface area contributed by atoms with Gasteiger partial charge in [0.2, 0.25) is 0 Å². The van der Waals surface area contributed by atoms with Crippen LogP contribution in [0.15, 0.2) is 42.5 Å². The van der Waals surface area contributed by atoms with Crippen molar-refractivity contribution in [1.29, 1.82) is 0 Å². The molecule has 1 amide bonds. The highest BCUT2D eigenvalue weighted by Crippen LogP contribution is 2.29. The molecule has 1 unspecified atom stereocenters. The van der Waals surface area contributed by atoms with E-state index in [9.17, 15) is 4.79 Å². The fourth-order valence-electron chi connectivity index (χ4n) is 1.97. The van der Waals surface area contributed by atoms with Gasteiger partial charge in [0, 0.05) is 10.5 Å². The highest BCUT2D eigenvalue weighted by atomic mass is 79.9. The number of alkyl halides is 1. The fourth-order valence-corrected chi connectivity index (χ4v) is 2.58. The zero-order valence-corrected chi connectivity index (χ0v) is 13.6. The van der Waals surface area contributed by atoms with Gasteiger partial charge in [-0.25, -0.2) is 0 Å². The fraction of sp³-hybridized carbons (Fsp3) is 0.188. The lowest BCUT2D eigenvalue weighted by molar-refractivity contribution is 0.102. The number of halogens is 2. The van der Waals surface area contributed by atoms with Crippen molar-refractivity contribution in [3.63, 3.8) is 0 Å². The predicted molar refractivity (Wildman–Crippen MR) is 87.9 cm³/mol. The number of para-hydroxylation sites is 1. The maximum absolute atomic E-state index is 12.4. The number of hydrogen-bond donors (Lipinski definition) is 1. The van der Waals surface area contributed by atoms with E-state index < -0.39 is 0 Å². The molecule has 2 rings (SSSR count). The molecule has 0 aliphatic carbocycles. The van der Waals surface area contributed by atoms with E-state index in [1.54, 1.807) is 6.07 Å². The third-order valence-corrected chi connectivity index (χ3v) is 4.07. The Morgan fingerprint density at radius 3 is 2.60 bits per heavy atom. The lowest BCUT2D eigenvalue weighted by Crippen LogP contribution is -2.14. The minimum absolute atomic E-state index is 0.159. The number of carbonyl (C=O) groups excluding carboxylic acids is 1. The Balaban J connectivity index is 2.31. The highest BCUT2D eigenvalue weighted by molar-refractivity contribution is 9.09. The molecule has 1 N–H and O–H groups in total.